The van der Waals surface area contributed by atoms with Gasteiger partial charge >= 0.3 is 5.97 Å². The highest BCUT2D eigenvalue weighted by Crippen LogP contribution is 2.26. The number of hydrogen-bond donors (Lipinski definition) is 1. The molecule has 1 heterocycles. The number of carboxylic acid groups (broad SMARTS) is 1. The van der Waals surface area contributed by atoms with Crippen LogP contribution in [-0.4, -0.2) is 11.1 Å². The fourth-order valence-corrected chi connectivity index (χ4v) is 2.40. The molecule has 0 aliphatic carbocycles. The molecule has 0 saturated heterocycles. The van der Waals surface area contributed by atoms with Crippen molar-refractivity contribution in [3.05, 3.63) is 53.3 Å². The first-order chi connectivity index (χ1) is 8.16. The third-order valence-electron chi connectivity index (χ3n) is 2.33. The van der Waals surface area contributed by atoms with E-state index in [2.05, 4.69) is 0 Å². The van der Waals surface area contributed by atoms with Crippen LogP contribution >= 0.6 is 11.8 Å². The molecule has 0 saturated carbocycles. The van der Waals surface area contributed by atoms with Crippen molar-refractivity contribution in [2.75, 3.05) is 0 Å². The molecule has 3 nitrogen and oxygen atoms in total. The maximum atomic E-state index is 11.0. The Morgan fingerprint density at radius 3 is 2.71 bits per heavy atom. The molecule has 0 aliphatic rings. The Labute approximate surface area is 103 Å². The standard InChI is InChI=1S/C13H12O3S/c1-9-6-7-12(16-9)17-8-10-4-2-3-5-11(10)13(14)15/h2-7H,8H2,1H3,(H,14,15). The quantitative estimate of drug-likeness (QED) is 0.840. The van der Waals surface area contributed by atoms with Crippen molar-refractivity contribution in [2.45, 2.75) is 17.8 Å². The third-order valence-corrected chi connectivity index (χ3v) is 3.29. The Morgan fingerprint density at radius 2 is 2.06 bits per heavy atom. The number of rotatable bonds is 4. The van der Waals surface area contributed by atoms with Gasteiger partial charge in [0.2, 0.25) is 0 Å². The largest absolute Gasteiger partial charge is 0.478 e. The molecule has 0 radical (unpaired) electrons. The molecule has 17 heavy (non-hydrogen) atoms. The Morgan fingerprint density at radius 1 is 1.29 bits per heavy atom. The summed E-state index contributed by atoms with van der Waals surface area (Å²) in [6.07, 6.45) is 0. The summed E-state index contributed by atoms with van der Waals surface area (Å²) in [4.78, 5) is 11.0. The molecular formula is C13H12O3S. The van der Waals surface area contributed by atoms with E-state index in [4.69, 9.17) is 9.52 Å². The molecule has 0 spiro atoms. The molecule has 0 bridgehead atoms. The summed E-state index contributed by atoms with van der Waals surface area (Å²) >= 11 is 1.50. The number of carbonyl (C=O) groups is 1. The van der Waals surface area contributed by atoms with E-state index in [1.54, 1.807) is 12.1 Å². The minimum Gasteiger partial charge on any atom is -0.478 e. The van der Waals surface area contributed by atoms with Crippen molar-refractivity contribution in [1.29, 1.82) is 0 Å². The van der Waals surface area contributed by atoms with Gasteiger partial charge in [0.1, 0.15) is 5.76 Å². The molecule has 0 aliphatic heterocycles. The monoisotopic (exact) mass is 248 g/mol. The molecule has 88 valence electrons. The second-order valence-electron chi connectivity index (χ2n) is 3.62. The smallest absolute Gasteiger partial charge is 0.335 e. The van der Waals surface area contributed by atoms with Gasteiger partial charge in [-0.1, -0.05) is 30.0 Å². The first-order valence-electron chi connectivity index (χ1n) is 5.17. The zero-order valence-electron chi connectivity index (χ0n) is 9.34. The van der Waals surface area contributed by atoms with Crippen LogP contribution in [-0.2, 0) is 5.75 Å². The topological polar surface area (TPSA) is 50.4 Å². The zero-order valence-corrected chi connectivity index (χ0v) is 10.2. The summed E-state index contributed by atoms with van der Waals surface area (Å²) < 4.78 is 5.42. The number of hydrogen-bond acceptors (Lipinski definition) is 3. The van der Waals surface area contributed by atoms with E-state index in [1.807, 2.05) is 31.2 Å². The van der Waals surface area contributed by atoms with E-state index in [1.165, 1.54) is 11.8 Å². The summed E-state index contributed by atoms with van der Waals surface area (Å²) in [5.41, 5.74) is 1.15. The summed E-state index contributed by atoms with van der Waals surface area (Å²) in [5, 5.41) is 9.84. The van der Waals surface area contributed by atoms with Crippen LogP contribution in [0.15, 0.2) is 45.9 Å². The second kappa shape index (κ2) is 5.10. The lowest BCUT2D eigenvalue weighted by atomic mass is 10.1. The third kappa shape index (κ3) is 2.91. The maximum Gasteiger partial charge on any atom is 0.335 e. The van der Waals surface area contributed by atoms with Gasteiger partial charge in [0.05, 0.1) is 5.56 Å². The first-order valence-corrected chi connectivity index (χ1v) is 6.16. The van der Waals surface area contributed by atoms with E-state index in [0.29, 0.717) is 11.3 Å². The van der Waals surface area contributed by atoms with Gasteiger partial charge in [-0.2, -0.15) is 0 Å². The first kappa shape index (κ1) is 11.8. The lowest BCUT2D eigenvalue weighted by Crippen LogP contribution is -2.00. The molecule has 0 amide bonds. The highest BCUT2D eigenvalue weighted by atomic mass is 32.2. The van der Waals surface area contributed by atoms with Crippen LogP contribution in [0.1, 0.15) is 21.7 Å². The molecule has 1 aromatic carbocycles. The predicted octanol–water partition coefficient (Wildman–Crippen LogP) is 3.58. The summed E-state index contributed by atoms with van der Waals surface area (Å²) in [6.45, 7) is 1.88. The SMILES string of the molecule is Cc1ccc(SCc2ccccc2C(=O)O)o1. The van der Waals surface area contributed by atoms with Gasteiger partial charge in [-0.15, -0.1) is 0 Å². The maximum absolute atomic E-state index is 11.0. The average molecular weight is 248 g/mol. The average Bonchev–Trinajstić information content (AvgIpc) is 2.73. The van der Waals surface area contributed by atoms with Crippen LogP contribution in [0.5, 0.6) is 0 Å². The Balaban J connectivity index is 2.11. The van der Waals surface area contributed by atoms with Gasteiger partial charge in [-0.3, -0.25) is 0 Å². The normalized spacial score (nSPS) is 10.4. The van der Waals surface area contributed by atoms with Crippen LogP contribution < -0.4 is 0 Å². The Bertz CT molecular complexity index is 531. The summed E-state index contributed by atoms with van der Waals surface area (Å²) in [5.74, 6) is 0.561. The van der Waals surface area contributed by atoms with Crippen LogP contribution in [0.4, 0.5) is 0 Å². The van der Waals surface area contributed by atoms with E-state index >= 15 is 0 Å². The molecule has 1 aromatic heterocycles. The minimum absolute atomic E-state index is 0.350. The van der Waals surface area contributed by atoms with Crippen LogP contribution in [0, 0.1) is 6.92 Å². The van der Waals surface area contributed by atoms with Gasteiger partial charge in [0, 0.05) is 5.75 Å². The van der Waals surface area contributed by atoms with Crippen LogP contribution in [0.2, 0.25) is 0 Å². The number of aromatic carboxylic acids is 1. The highest BCUT2D eigenvalue weighted by molar-refractivity contribution is 7.98. The van der Waals surface area contributed by atoms with Crippen molar-refractivity contribution >= 4 is 17.7 Å². The molecule has 0 atom stereocenters. The van der Waals surface area contributed by atoms with Crippen molar-refractivity contribution < 1.29 is 14.3 Å². The number of benzene rings is 1. The molecule has 0 unspecified atom stereocenters. The Kier molecular flexibility index (Phi) is 3.54. The van der Waals surface area contributed by atoms with E-state index in [-0.39, 0.29) is 0 Å². The predicted molar refractivity (Wildman–Crippen MR) is 66.4 cm³/mol. The van der Waals surface area contributed by atoms with Crippen LogP contribution in [0.25, 0.3) is 0 Å². The van der Waals surface area contributed by atoms with Gasteiger partial charge < -0.3 is 9.52 Å². The number of aryl methyl sites for hydroxylation is 1. The van der Waals surface area contributed by atoms with Crippen LogP contribution in [0.3, 0.4) is 0 Å². The van der Waals surface area contributed by atoms with Crippen molar-refractivity contribution in [3.8, 4) is 0 Å². The molecule has 0 fully saturated rings. The van der Waals surface area contributed by atoms with Gasteiger partial charge in [-0.25, -0.2) is 4.79 Å². The van der Waals surface area contributed by atoms with Crippen molar-refractivity contribution in [2.24, 2.45) is 0 Å². The molecule has 2 rings (SSSR count). The minimum atomic E-state index is -0.892. The molecular weight excluding hydrogens is 236 g/mol. The Hall–Kier alpha value is -1.68. The number of furan rings is 1. The molecule has 1 N–H and O–H groups in total. The highest BCUT2D eigenvalue weighted by Gasteiger charge is 2.09. The lowest BCUT2D eigenvalue weighted by Gasteiger charge is -2.03. The number of carboxylic acids is 1. The fraction of sp³-hybridized carbons (Fsp3) is 0.154. The number of thioether (sulfide) groups is 1. The van der Waals surface area contributed by atoms with E-state index < -0.39 is 5.97 Å². The zero-order chi connectivity index (χ0) is 12.3. The second-order valence-corrected chi connectivity index (χ2v) is 4.60. The van der Waals surface area contributed by atoms with Crippen molar-refractivity contribution in [1.82, 2.24) is 0 Å². The van der Waals surface area contributed by atoms with E-state index in [0.717, 1.165) is 16.4 Å². The van der Waals surface area contributed by atoms with E-state index in [9.17, 15) is 4.79 Å². The molecule has 2 aromatic rings. The van der Waals surface area contributed by atoms with Gasteiger partial charge in [-0.05, 0) is 30.7 Å². The summed E-state index contributed by atoms with van der Waals surface area (Å²) in [7, 11) is 0. The van der Waals surface area contributed by atoms with Crippen molar-refractivity contribution in [3.63, 3.8) is 0 Å². The fourth-order valence-electron chi connectivity index (χ4n) is 1.49. The lowest BCUT2D eigenvalue weighted by molar-refractivity contribution is 0.0696. The molecule has 4 heteroatoms. The summed E-state index contributed by atoms with van der Waals surface area (Å²) in [6, 6.07) is 10.8. The van der Waals surface area contributed by atoms with Gasteiger partial charge in [0.25, 0.3) is 0 Å². The van der Waals surface area contributed by atoms with Gasteiger partial charge in [0.15, 0.2) is 5.09 Å².